The van der Waals surface area contributed by atoms with Crippen LogP contribution in [0.15, 0.2) is 110 Å². The minimum Gasteiger partial charge on any atom is -0.495 e. The number of allylic oxidation sites excluding steroid dienone is 1. The Morgan fingerprint density at radius 3 is 1.13 bits per heavy atom. The van der Waals surface area contributed by atoms with Crippen molar-refractivity contribution in [3.63, 3.8) is 0 Å². The van der Waals surface area contributed by atoms with Crippen LogP contribution in [0.1, 0.15) is 130 Å². The minimum absolute atomic E-state index is 0.142. The molecular weight excluding hydrogens is 1430 g/mol. The first-order valence-electron chi connectivity index (χ1n) is 38.9. The predicted molar refractivity (Wildman–Crippen MR) is 443 cm³/mol. The number of aryl methyl sites for hydroxylation is 2. The molecule has 0 saturated heterocycles. The molecule has 8 aromatic heterocycles. The summed E-state index contributed by atoms with van der Waals surface area (Å²) in [6.07, 6.45) is 23.5. The number of nitrogens with zero attached hydrogens (tertiary/aromatic N) is 21. The second-order valence-electron chi connectivity index (χ2n) is 30.4. The summed E-state index contributed by atoms with van der Waals surface area (Å²) in [5, 5.41) is 44.3. The number of methoxy groups -OCH3 is 4. The smallest absolute Gasteiger partial charge is 0.229 e. The third-order valence-corrected chi connectivity index (χ3v) is 21.5. The lowest BCUT2D eigenvalue weighted by Gasteiger charge is -2.26. The summed E-state index contributed by atoms with van der Waals surface area (Å²) < 4.78 is 30.0. The highest BCUT2D eigenvalue weighted by Crippen LogP contribution is 2.39. The van der Waals surface area contributed by atoms with Gasteiger partial charge in [-0.1, -0.05) is 33.3 Å². The third kappa shape index (κ3) is 18.5. The SMILES string of the molecule is C=C(N)CCn1ncc2cnc(Nc3cc4c(cc3OC)CCN(C)C4)nc21.CCCC(C)n1ncc2cnc(Nc3cc4c(cc3OC)CCN(C)C4)nc21.CCCCn1ncc2cnc(Nc3cc4c(cc3OC)CCN(C)C4)nc21.COc1cc2c(cc1Nc1ncc3cnn(C(C)C(C)(C)C#N)c3n1)CN(C)CC2. The number of nitrogens with one attached hydrogen (secondary N) is 4. The fourth-order valence-corrected chi connectivity index (χ4v) is 14.5. The van der Waals surface area contributed by atoms with Crippen molar-refractivity contribution in [2.75, 3.05) is 104 Å². The van der Waals surface area contributed by atoms with Crippen LogP contribution < -0.4 is 45.9 Å². The van der Waals surface area contributed by atoms with Crippen molar-refractivity contribution in [1.82, 2.24) is 98.6 Å². The van der Waals surface area contributed by atoms with E-state index < -0.39 is 5.41 Å². The number of anilines is 8. The maximum Gasteiger partial charge on any atom is 0.229 e. The fraction of sp³-hybridized carbons (Fsp3) is 0.434. The number of nitriles is 1. The largest absolute Gasteiger partial charge is 0.495 e. The molecule has 30 heteroatoms. The number of hydrogen-bond acceptors (Lipinski definition) is 26. The summed E-state index contributed by atoms with van der Waals surface area (Å²) in [6.45, 7) is 25.5. The second-order valence-corrected chi connectivity index (χ2v) is 30.4. The molecule has 2 unspecified atom stereocenters. The molecule has 0 spiro atoms. The Balaban J connectivity index is 0.000000132. The molecule has 4 aliphatic heterocycles. The zero-order chi connectivity index (χ0) is 79.6. The van der Waals surface area contributed by atoms with Crippen LogP contribution in [-0.4, -0.2) is 181 Å². The Labute approximate surface area is 660 Å². The van der Waals surface area contributed by atoms with Gasteiger partial charge in [0.2, 0.25) is 23.8 Å². The molecule has 113 heavy (non-hydrogen) atoms. The van der Waals surface area contributed by atoms with Gasteiger partial charge in [0.25, 0.3) is 0 Å². The lowest BCUT2D eigenvalue weighted by atomic mass is 9.87. The number of hydrogen-bond donors (Lipinski definition) is 5. The molecule has 0 aliphatic carbocycles. The Morgan fingerprint density at radius 2 is 0.796 bits per heavy atom. The van der Waals surface area contributed by atoms with Gasteiger partial charge in [-0.05, 0) is 187 Å². The van der Waals surface area contributed by atoms with Gasteiger partial charge in [0.05, 0.1) is 121 Å². The monoisotopic (exact) mass is 1530 g/mol. The van der Waals surface area contributed by atoms with Crippen molar-refractivity contribution >= 4 is 90.7 Å². The van der Waals surface area contributed by atoms with Gasteiger partial charge < -0.3 is 65.5 Å². The van der Waals surface area contributed by atoms with E-state index in [0.717, 1.165) is 195 Å². The first kappa shape index (κ1) is 79.4. The summed E-state index contributed by atoms with van der Waals surface area (Å²) in [6, 6.07) is 19.6. The average molecular weight is 1530 g/mol. The van der Waals surface area contributed by atoms with E-state index >= 15 is 0 Å². The topological polar surface area (TPSA) is 322 Å². The van der Waals surface area contributed by atoms with Gasteiger partial charge in [-0.15, -0.1) is 0 Å². The van der Waals surface area contributed by atoms with E-state index in [9.17, 15) is 5.26 Å². The molecule has 0 saturated carbocycles. The summed E-state index contributed by atoms with van der Waals surface area (Å²) in [5.41, 5.74) is 22.9. The molecule has 12 heterocycles. The number of fused-ring (bicyclic) bond motifs is 8. The first-order valence-corrected chi connectivity index (χ1v) is 38.9. The molecule has 30 nitrogen and oxygen atoms in total. The molecule has 4 aromatic carbocycles. The van der Waals surface area contributed by atoms with Gasteiger partial charge in [0.15, 0.2) is 22.6 Å². The van der Waals surface area contributed by atoms with Crippen LogP contribution in [0.5, 0.6) is 23.0 Å². The molecular formula is C83H106N26O4. The number of rotatable bonds is 23. The number of ether oxygens (including phenoxy) is 4. The molecule has 4 aliphatic rings. The van der Waals surface area contributed by atoms with Crippen LogP contribution in [0.4, 0.5) is 46.5 Å². The molecule has 0 fully saturated rings. The van der Waals surface area contributed by atoms with Crippen LogP contribution in [-0.2, 0) is 65.0 Å². The fourth-order valence-electron chi connectivity index (χ4n) is 14.5. The number of likely N-dealkylation sites (N-methyl/N-ethyl adjacent to an activating group) is 4. The van der Waals surface area contributed by atoms with E-state index in [0.29, 0.717) is 54.1 Å². The van der Waals surface area contributed by atoms with Crippen molar-refractivity contribution in [1.29, 1.82) is 5.26 Å². The summed E-state index contributed by atoms with van der Waals surface area (Å²) in [5.74, 6) is 5.29. The van der Waals surface area contributed by atoms with E-state index in [-0.39, 0.29) is 6.04 Å². The van der Waals surface area contributed by atoms with Crippen molar-refractivity contribution in [2.24, 2.45) is 11.1 Å². The van der Waals surface area contributed by atoms with E-state index in [1.807, 2.05) is 59.6 Å². The van der Waals surface area contributed by atoms with Gasteiger partial charge in [-0.25, -0.2) is 38.7 Å². The molecule has 0 amide bonds. The van der Waals surface area contributed by atoms with Crippen molar-refractivity contribution in [2.45, 2.75) is 151 Å². The zero-order valence-corrected chi connectivity index (χ0v) is 67.6. The van der Waals surface area contributed by atoms with E-state index in [1.54, 1.807) is 57.9 Å². The van der Waals surface area contributed by atoms with Crippen LogP contribution >= 0.6 is 0 Å². The quantitative estimate of drug-likeness (QED) is 0.0397. The van der Waals surface area contributed by atoms with E-state index in [1.165, 1.54) is 44.5 Å². The van der Waals surface area contributed by atoms with Gasteiger partial charge in [-0.3, -0.25) is 0 Å². The Kier molecular flexibility index (Phi) is 24.9. The molecule has 6 N–H and O–H groups in total. The lowest BCUT2D eigenvalue weighted by molar-refractivity contribution is 0.299. The summed E-state index contributed by atoms with van der Waals surface area (Å²) in [7, 11) is 15.3. The number of aromatic nitrogens is 16. The number of nitrogens with two attached hydrogens (primary N) is 1. The molecule has 2 atom stereocenters. The molecule has 592 valence electrons. The highest BCUT2D eigenvalue weighted by atomic mass is 16.5. The number of unbranched alkanes of at least 4 members (excludes halogenated alkanes) is 1. The Hall–Kier alpha value is -11.7. The highest BCUT2D eigenvalue weighted by Gasteiger charge is 2.30. The normalized spacial score (nSPS) is 14.8. The van der Waals surface area contributed by atoms with E-state index in [2.05, 4.69) is 196 Å². The van der Waals surface area contributed by atoms with E-state index in [4.69, 9.17) is 39.6 Å². The zero-order valence-electron chi connectivity index (χ0n) is 67.6. The second kappa shape index (κ2) is 35.4. The molecule has 0 radical (unpaired) electrons. The van der Waals surface area contributed by atoms with Crippen LogP contribution in [0, 0.1) is 16.7 Å². The van der Waals surface area contributed by atoms with Crippen LogP contribution in [0.25, 0.3) is 44.1 Å². The standard InChI is InChI=1S/C22H27N7O.C21H28N6O.C20H25N7O.C20H26N6O/c1-14(22(2,3)13-23)29-20-17(11-25-29)10-24-21(27-20)26-18-8-16-12-28(4)7-6-15(16)9-19(18)30-5;1-5-6-14(2)27-20-17(12-23-27)11-22-21(25-20)24-18-9-16-13-26(3)8-7-15(16)10-19(18)28-4;1-13(21)4-7-27-19-16(11-23-27)10-22-20(25-19)24-17-8-15-12-26(2)6-5-14(15)9-18(17)28-3;1-4-5-7-26-19-16(12-22-26)11-21-20(24-19)23-17-9-15-13-25(2)8-6-14(15)10-18(17)27-3/h8-11,14H,6-7,12H2,1-5H3,(H,24,26,27);9-12,14H,5-8,13H2,1-4H3,(H,22,24,25);8-11H,1,4-7,12,21H2,2-3H3,(H,22,24,25);9-12H,4-8,13H2,1-3H3,(H,21,23,24). The van der Waals surface area contributed by atoms with Gasteiger partial charge >= 0.3 is 0 Å². The Morgan fingerprint density at radius 1 is 0.469 bits per heavy atom. The number of benzene rings is 4. The maximum atomic E-state index is 9.50. The summed E-state index contributed by atoms with van der Waals surface area (Å²) in [4.78, 5) is 45.9. The molecule has 12 aromatic rings. The minimum atomic E-state index is -0.578. The van der Waals surface area contributed by atoms with Gasteiger partial charge in [-0.2, -0.15) is 45.6 Å². The van der Waals surface area contributed by atoms with Gasteiger partial charge in [0, 0.05) is 102 Å². The lowest BCUT2D eigenvalue weighted by Crippen LogP contribution is -2.26. The van der Waals surface area contributed by atoms with Gasteiger partial charge in [0.1, 0.15) is 23.0 Å². The van der Waals surface area contributed by atoms with Crippen molar-refractivity contribution in [3.8, 4) is 29.1 Å². The first-order chi connectivity index (χ1) is 54.6. The van der Waals surface area contributed by atoms with Crippen LogP contribution in [0.2, 0.25) is 0 Å². The third-order valence-electron chi connectivity index (χ3n) is 21.5. The summed E-state index contributed by atoms with van der Waals surface area (Å²) >= 11 is 0. The average Bonchev–Trinajstić information content (AvgIpc) is 1.67. The van der Waals surface area contributed by atoms with Crippen molar-refractivity contribution < 1.29 is 18.9 Å². The Bertz CT molecular complexity index is 5410. The predicted octanol–water partition coefficient (Wildman–Crippen LogP) is 13.4. The molecule has 0 bridgehead atoms. The molecule has 16 rings (SSSR count). The highest BCUT2D eigenvalue weighted by molar-refractivity contribution is 5.80. The van der Waals surface area contributed by atoms with Crippen LogP contribution in [0.3, 0.4) is 0 Å². The maximum absolute atomic E-state index is 9.50. The van der Waals surface area contributed by atoms with Crippen molar-refractivity contribution in [3.05, 3.63) is 155 Å².